The van der Waals surface area contributed by atoms with Gasteiger partial charge in [-0.15, -0.1) is 0 Å². The Morgan fingerprint density at radius 3 is 2.75 bits per heavy atom. The molecule has 2 nitrogen and oxygen atoms in total. The van der Waals surface area contributed by atoms with Gasteiger partial charge in [-0.1, -0.05) is 19.9 Å². The van der Waals surface area contributed by atoms with Gasteiger partial charge in [-0.3, -0.25) is 4.98 Å². The van der Waals surface area contributed by atoms with Crippen molar-refractivity contribution < 1.29 is 0 Å². The van der Waals surface area contributed by atoms with E-state index in [9.17, 15) is 0 Å². The number of hydrogen-bond acceptors (Lipinski definition) is 2. The summed E-state index contributed by atoms with van der Waals surface area (Å²) in [5.41, 5.74) is 7.14. The Morgan fingerprint density at radius 1 is 1.50 bits per heavy atom. The van der Waals surface area contributed by atoms with Crippen molar-refractivity contribution in [3.05, 3.63) is 30.1 Å². The van der Waals surface area contributed by atoms with Gasteiger partial charge in [0.25, 0.3) is 0 Å². The molecule has 0 saturated carbocycles. The number of hydrogen-bond donors (Lipinski definition) is 1. The summed E-state index contributed by atoms with van der Waals surface area (Å²) in [6, 6.07) is 4.26. The minimum absolute atomic E-state index is 0.245. The number of nitrogens with zero attached hydrogens (tertiary/aromatic N) is 1. The first-order chi connectivity index (χ1) is 5.70. The summed E-state index contributed by atoms with van der Waals surface area (Å²) in [4.78, 5) is 4.04. The highest BCUT2D eigenvalue weighted by Gasteiger charge is 2.07. The summed E-state index contributed by atoms with van der Waals surface area (Å²) in [7, 11) is 0. The molecular formula is C10H16N2. The van der Waals surface area contributed by atoms with Crippen LogP contribution in [-0.2, 0) is 6.42 Å². The van der Waals surface area contributed by atoms with Crippen LogP contribution >= 0.6 is 0 Å². The van der Waals surface area contributed by atoms with Crippen LogP contribution in [0.25, 0.3) is 0 Å². The van der Waals surface area contributed by atoms with Crippen LogP contribution in [0.2, 0.25) is 0 Å². The monoisotopic (exact) mass is 164 g/mol. The fraction of sp³-hybridized carbons (Fsp3) is 0.500. The molecule has 12 heavy (non-hydrogen) atoms. The molecule has 1 heterocycles. The lowest BCUT2D eigenvalue weighted by atomic mass is 9.98. The van der Waals surface area contributed by atoms with Crippen LogP contribution in [0.15, 0.2) is 24.5 Å². The van der Waals surface area contributed by atoms with Gasteiger partial charge in [0.05, 0.1) is 0 Å². The van der Waals surface area contributed by atoms with Crippen LogP contribution in [-0.4, -0.2) is 11.0 Å². The molecule has 2 N–H and O–H groups in total. The minimum atomic E-state index is 0.245. The summed E-state index contributed by atoms with van der Waals surface area (Å²) in [5, 5.41) is 0. The van der Waals surface area contributed by atoms with Gasteiger partial charge in [-0.05, 0) is 24.0 Å². The number of rotatable bonds is 3. The van der Waals surface area contributed by atoms with Gasteiger partial charge in [0.2, 0.25) is 0 Å². The first kappa shape index (κ1) is 9.20. The SMILES string of the molecule is CC(C)[C@@H](N)Cc1cccnc1. The maximum Gasteiger partial charge on any atom is 0.0300 e. The normalized spacial score (nSPS) is 13.3. The zero-order valence-corrected chi connectivity index (χ0v) is 7.70. The van der Waals surface area contributed by atoms with E-state index in [4.69, 9.17) is 5.73 Å². The van der Waals surface area contributed by atoms with Gasteiger partial charge in [-0.2, -0.15) is 0 Å². The van der Waals surface area contributed by atoms with Crippen molar-refractivity contribution in [1.29, 1.82) is 0 Å². The molecule has 1 aromatic rings. The maximum atomic E-state index is 5.92. The minimum Gasteiger partial charge on any atom is -0.327 e. The molecule has 1 rings (SSSR count). The van der Waals surface area contributed by atoms with Gasteiger partial charge in [0.1, 0.15) is 0 Å². The van der Waals surface area contributed by atoms with E-state index in [2.05, 4.69) is 24.9 Å². The van der Waals surface area contributed by atoms with Gasteiger partial charge < -0.3 is 5.73 Å². The average molecular weight is 164 g/mol. The van der Waals surface area contributed by atoms with Crippen LogP contribution in [0.5, 0.6) is 0 Å². The van der Waals surface area contributed by atoms with Crippen molar-refractivity contribution in [2.45, 2.75) is 26.3 Å². The Balaban J connectivity index is 2.53. The molecule has 0 bridgehead atoms. The van der Waals surface area contributed by atoms with E-state index >= 15 is 0 Å². The average Bonchev–Trinajstić information content (AvgIpc) is 2.06. The topological polar surface area (TPSA) is 38.9 Å². The van der Waals surface area contributed by atoms with E-state index in [1.54, 1.807) is 6.20 Å². The lowest BCUT2D eigenvalue weighted by Gasteiger charge is -2.14. The van der Waals surface area contributed by atoms with Gasteiger partial charge >= 0.3 is 0 Å². The van der Waals surface area contributed by atoms with Crippen molar-refractivity contribution in [2.75, 3.05) is 0 Å². The first-order valence-electron chi connectivity index (χ1n) is 4.34. The lowest BCUT2D eigenvalue weighted by molar-refractivity contribution is 0.490. The molecule has 0 aliphatic carbocycles. The van der Waals surface area contributed by atoms with Crippen LogP contribution in [0.1, 0.15) is 19.4 Å². The van der Waals surface area contributed by atoms with Gasteiger partial charge in [0.15, 0.2) is 0 Å². The number of nitrogens with two attached hydrogens (primary N) is 1. The molecule has 0 radical (unpaired) electrons. The third kappa shape index (κ3) is 2.62. The Morgan fingerprint density at radius 2 is 2.25 bits per heavy atom. The molecule has 0 unspecified atom stereocenters. The van der Waals surface area contributed by atoms with Crippen LogP contribution < -0.4 is 5.73 Å². The van der Waals surface area contributed by atoms with E-state index in [1.807, 2.05) is 12.3 Å². The van der Waals surface area contributed by atoms with Crippen molar-refractivity contribution in [2.24, 2.45) is 11.7 Å². The maximum absolute atomic E-state index is 5.92. The highest BCUT2D eigenvalue weighted by atomic mass is 14.7. The van der Waals surface area contributed by atoms with Crippen LogP contribution in [0.3, 0.4) is 0 Å². The van der Waals surface area contributed by atoms with E-state index in [-0.39, 0.29) is 6.04 Å². The Bertz CT molecular complexity index is 219. The third-order valence-corrected chi connectivity index (χ3v) is 2.05. The molecule has 1 atom stereocenters. The van der Waals surface area contributed by atoms with Crippen LogP contribution in [0.4, 0.5) is 0 Å². The summed E-state index contributed by atoms with van der Waals surface area (Å²) >= 11 is 0. The van der Waals surface area contributed by atoms with Crippen molar-refractivity contribution in [3.63, 3.8) is 0 Å². The number of pyridine rings is 1. The van der Waals surface area contributed by atoms with Gasteiger partial charge in [0, 0.05) is 18.4 Å². The van der Waals surface area contributed by atoms with E-state index in [0.717, 1.165) is 6.42 Å². The molecule has 0 spiro atoms. The van der Waals surface area contributed by atoms with Crippen LogP contribution in [0, 0.1) is 5.92 Å². The molecule has 0 saturated heterocycles. The fourth-order valence-corrected chi connectivity index (χ4v) is 1.03. The predicted molar refractivity (Wildman–Crippen MR) is 50.8 cm³/mol. The highest BCUT2D eigenvalue weighted by molar-refractivity contribution is 5.10. The first-order valence-corrected chi connectivity index (χ1v) is 4.34. The Hall–Kier alpha value is -0.890. The van der Waals surface area contributed by atoms with E-state index < -0.39 is 0 Å². The lowest BCUT2D eigenvalue weighted by Crippen LogP contribution is -2.28. The molecule has 0 aliphatic heterocycles. The zero-order chi connectivity index (χ0) is 8.97. The van der Waals surface area contributed by atoms with Crippen molar-refractivity contribution >= 4 is 0 Å². The molecule has 0 fully saturated rings. The summed E-state index contributed by atoms with van der Waals surface area (Å²) in [6.07, 6.45) is 4.58. The van der Waals surface area contributed by atoms with Crippen molar-refractivity contribution in [1.82, 2.24) is 4.98 Å². The summed E-state index contributed by atoms with van der Waals surface area (Å²) < 4.78 is 0. The number of aromatic nitrogens is 1. The molecule has 0 amide bonds. The fourth-order valence-electron chi connectivity index (χ4n) is 1.03. The van der Waals surface area contributed by atoms with Gasteiger partial charge in [-0.25, -0.2) is 0 Å². The second kappa shape index (κ2) is 4.21. The molecule has 2 heteroatoms. The quantitative estimate of drug-likeness (QED) is 0.737. The molecule has 0 aliphatic rings. The van der Waals surface area contributed by atoms with E-state index in [0.29, 0.717) is 5.92 Å². The second-order valence-corrected chi connectivity index (χ2v) is 3.47. The summed E-state index contributed by atoms with van der Waals surface area (Å²) in [6.45, 7) is 4.28. The molecule has 1 aromatic heterocycles. The Labute approximate surface area is 73.8 Å². The second-order valence-electron chi connectivity index (χ2n) is 3.47. The standard InChI is InChI=1S/C10H16N2/c1-8(2)10(11)6-9-4-3-5-12-7-9/h3-5,7-8,10H,6,11H2,1-2H3/t10-/m0/s1. The third-order valence-electron chi connectivity index (χ3n) is 2.05. The molecular weight excluding hydrogens is 148 g/mol. The largest absolute Gasteiger partial charge is 0.327 e. The molecule has 66 valence electrons. The predicted octanol–water partition coefficient (Wildman–Crippen LogP) is 1.61. The van der Waals surface area contributed by atoms with Crippen molar-refractivity contribution in [3.8, 4) is 0 Å². The Kier molecular flexibility index (Phi) is 3.23. The summed E-state index contributed by atoms with van der Waals surface area (Å²) in [5.74, 6) is 0.533. The highest BCUT2D eigenvalue weighted by Crippen LogP contribution is 2.06. The molecule has 0 aromatic carbocycles. The smallest absolute Gasteiger partial charge is 0.0300 e. The zero-order valence-electron chi connectivity index (χ0n) is 7.70. The van der Waals surface area contributed by atoms with E-state index in [1.165, 1.54) is 5.56 Å².